The van der Waals surface area contributed by atoms with Crippen LogP contribution in [0.15, 0.2) is 24.9 Å². The van der Waals surface area contributed by atoms with E-state index in [4.69, 9.17) is 15.5 Å². The number of pyridine rings is 1. The Bertz CT molecular complexity index is 811. The van der Waals surface area contributed by atoms with Gasteiger partial charge >= 0.3 is 0 Å². The van der Waals surface area contributed by atoms with Gasteiger partial charge in [-0.2, -0.15) is 5.10 Å². The van der Waals surface area contributed by atoms with E-state index in [0.717, 1.165) is 30.0 Å². The lowest BCUT2D eigenvalue weighted by atomic mass is 9.81. The third kappa shape index (κ3) is 5.35. The highest BCUT2D eigenvalue weighted by atomic mass is 16.5. The van der Waals surface area contributed by atoms with E-state index in [-0.39, 0.29) is 0 Å². The number of amides is 1. The van der Waals surface area contributed by atoms with Crippen molar-refractivity contribution in [2.75, 3.05) is 36.5 Å². The average molecular weight is 401 g/mol. The van der Waals surface area contributed by atoms with Gasteiger partial charge in [0.05, 0.1) is 24.8 Å². The van der Waals surface area contributed by atoms with Crippen molar-refractivity contribution in [3.05, 3.63) is 36.0 Å². The molecule has 0 saturated carbocycles. The van der Waals surface area contributed by atoms with Gasteiger partial charge in [0, 0.05) is 24.7 Å². The number of nitrogens with two attached hydrogens (primary N) is 1. The molecule has 0 spiro atoms. The summed E-state index contributed by atoms with van der Waals surface area (Å²) in [7, 11) is 0. The molecule has 4 N–H and O–H groups in total. The van der Waals surface area contributed by atoms with Gasteiger partial charge in [-0.1, -0.05) is 32.9 Å². The molecular formula is C21H32N6O2. The van der Waals surface area contributed by atoms with Gasteiger partial charge in [0.2, 0.25) is 5.91 Å². The highest BCUT2D eigenvalue weighted by Crippen LogP contribution is 2.35. The van der Waals surface area contributed by atoms with Crippen LogP contribution >= 0.6 is 0 Å². The molecule has 2 aromatic heterocycles. The Hall–Kier alpha value is -2.87. The van der Waals surface area contributed by atoms with Crippen LogP contribution < -0.4 is 16.0 Å². The molecule has 0 aromatic carbocycles. The maximum absolute atomic E-state index is 12.1. The molecule has 158 valence electrons. The minimum absolute atomic E-state index is 0.410. The minimum Gasteiger partial charge on any atom is -0.378 e. The fraction of sp³-hybridized carbons (Fsp3) is 0.476. The van der Waals surface area contributed by atoms with Gasteiger partial charge in [-0.05, 0) is 25.5 Å². The van der Waals surface area contributed by atoms with Crippen molar-refractivity contribution in [2.45, 2.75) is 39.5 Å². The van der Waals surface area contributed by atoms with Crippen molar-refractivity contribution in [1.82, 2.24) is 15.2 Å². The number of carbonyl (C=O) groups excluding carboxylic acids is 1. The monoisotopic (exact) mass is 400 g/mol. The Morgan fingerprint density at radius 1 is 1.41 bits per heavy atom. The number of primary amides is 1. The van der Waals surface area contributed by atoms with Gasteiger partial charge in [0.1, 0.15) is 17.5 Å². The molecule has 1 fully saturated rings. The smallest absolute Gasteiger partial charge is 0.227 e. The largest absolute Gasteiger partial charge is 0.378 e. The molecule has 0 bridgehead atoms. The maximum Gasteiger partial charge on any atom is 0.227 e. The minimum atomic E-state index is -0.877. The quantitative estimate of drug-likeness (QED) is 0.687. The summed E-state index contributed by atoms with van der Waals surface area (Å²) in [6, 6.07) is 3.72. The Labute approximate surface area is 172 Å². The van der Waals surface area contributed by atoms with Crippen molar-refractivity contribution in [3.8, 4) is 0 Å². The number of ether oxygens (including phenoxy) is 1. The predicted molar refractivity (Wildman–Crippen MR) is 117 cm³/mol. The lowest BCUT2D eigenvalue weighted by Crippen LogP contribution is -2.39. The number of nitrogens with one attached hydrogen (secondary N) is 2. The maximum atomic E-state index is 12.1. The van der Waals surface area contributed by atoms with Crippen LogP contribution in [0.5, 0.6) is 0 Å². The van der Waals surface area contributed by atoms with Crippen molar-refractivity contribution in [2.24, 2.45) is 5.73 Å². The van der Waals surface area contributed by atoms with Crippen LogP contribution in [-0.4, -0.2) is 47.4 Å². The Balaban J connectivity index is 0.000000941. The van der Waals surface area contributed by atoms with Crippen LogP contribution in [-0.2, 0) is 14.9 Å². The van der Waals surface area contributed by atoms with E-state index in [1.165, 1.54) is 6.42 Å². The van der Waals surface area contributed by atoms with Crippen LogP contribution in [0.1, 0.15) is 45.2 Å². The Morgan fingerprint density at radius 2 is 2.07 bits per heavy atom. The summed E-state index contributed by atoms with van der Waals surface area (Å²) in [6.07, 6.45) is 4.59. The molecule has 29 heavy (non-hydrogen) atoms. The van der Waals surface area contributed by atoms with E-state index in [2.05, 4.69) is 40.8 Å². The van der Waals surface area contributed by atoms with Crippen molar-refractivity contribution in [3.63, 3.8) is 0 Å². The summed E-state index contributed by atoms with van der Waals surface area (Å²) in [6.45, 7) is 14.5. The van der Waals surface area contributed by atoms with Crippen LogP contribution in [0.4, 0.5) is 17.5 Å². The normalized spacial score (nSPS) is 14.0. The molecule has 0 atom stereocenters. The first kappa shape index (κ1) is 22.4. The second-order valence-corrected chi connectivity index (χ2v) is 7.39. The van der Waals surface area contributed by atoms with Gasteiger partial charge in [-0.25, -0.2) is 4.98 Å². The zero-order valence-electron chi connectivity index (χ0n) is 17.8. The zero-order valence-corrected chi connectivity index (χ0v) is 17.8. The lowest BCUT2D eigenvalue weighted by Gasteiger charge is -2.31. The van der Waals surface area contributed by atoms with Gasteiger partial charge in [0.15, 0.2) is 0 Å². The number of hydrogen-bond donors (Lipinski definition) is 3. The number of H-pyrrole nitrogens is 1. The van der Waals surface area contributed by atoms with Gasteiger partial charge < -0.3 is 20.7 Å². The molecule has 3 heterocycles. The number of aromatic nitrogens is 3. The second kappa shape index (κ2) is 10.1. The number of nitrogens with zero attached hydrogens (tertiary/aromatic N) is 3. The lowest BCUT2D eigenvalue weighted by molar-refractivity contribution is -0.122. The van der Waals surface area contributed by atoms with Crippen molar-refractivity contribution < 1.29 is 9.53 Å². The fourth-order valence-electron chi connectivity index (χ4n) is 2.90. The molecule has 8 heteroatoms. The number of anilines is 3. The summed E-state index contributed by atoms with van der Waals surface area (Å²) in [5.74, 6) is 1.65. The predicted octanol–water partition coefficient (Wildman–Crippen LogP) is 3.21. The molecular weight excluding hydrogens is 368 g/mol. The summed E-state index contributed by atoms with van der Waals surface area (Å²) >= 11 is 0. The molecule has 8 nitrogen and oxygen atoms in total. The molecule has 0 radical (unpaired) electrons. The molecule has 2 aromatic rings. The van der Waals surface area contributed by atoms with Gasteiger partial charge in [-0.15, -0.1) is 0 Å². The number of aromatic amines is 1. The molecule has 1 saturated heterocycles. The Kier molecular flexibility index (Phi) is 7.78. The van der Waals surface area contributed by atoms with E-state index < -0.39 is 11.3 Å². The molecule has 0 aliphatic carbocycles. The van der Waals surface area contributed by atoms with Crippen LogP contribution in [0, 0.1) is 0 Å². The molecule has 3 rings (SSSR count). The highest BCUT2D eigenvalue weighted by Gasteiger charge is 2.32. The fourth-order valence-corrected chi connectivity index (χ4v) is 2.90. The van der Waals surface area contributed by atoms with Crippen LogP contribution in [0.3, 0.4) is 0 Å². The zero-order chi connectivity index (χ0) is 21.4. The van der Waals surface area contributed by atoms with E-state index in [1.807, 2.05) is 6.07 Å². The third-order valence-corrected chi connectivity index (χ3v) is 4.63. The summed E-state index contributed by atoms with van der Waals surface area (Å²) in [5.41, 5.74) is 6.31. The van der Waals surface area contributed by atoms with Crippen LogP contribution in [0.2, 0.25) is 0 Å². The first-order valence-corrected chi connectivity index (χ1v) is 9.92. The standard InChI is InChI=1S/C18H24N6O2.C3H8/c1-4-12-13(18(2,3)17(19)25)11-15(24-7-9-26-10-8-24)22-16(12)21-14-5-6-20-23-14;1-3-2/h4-6,11H,1,7-10H2,2-3H3,(H2,19,25)(H2,20,21,22,23);3H2,1-2H3. The first-order chi connectivity index (χ1) is 13.8. The number of carbonyl (C=O) groups is 1. The van der Waals surface area contributed by atoms with E-state index in [9.17, 15) is 4.79 Å². The number of morpholine rings is 1. The highest BCUT2D eigenvalue weighted by molar-refractivity contribution is 5.89. The van der Waals surface area contributed by atoms with Crippen molar-refractivity contribution >= 4 is 29.4 Å². The Morgan fingerprint density at radius 3 is 2.59 bits per heavy atom. The SMILES string of the molecule is C=Cc1c(C(C)(C)C(N)=O)cc(N2CCOCC2)nc1Nc1ccn[nH]1.CCC. The van der Waals surface area contributed by atoms with Crippen molar-refractivity contribution in [1.29, 1.82) is 0 Å². The second-order valence-electron chi connectivity index (χ2n) is 7.39. The topological polar surface area (TPSA) is 109 Å². The third-order valence-electron chi connectivity index (χ3n) is 4.63. The van der Waals surface area contributed by atoms with E-state index in [0.29, 0.717) is 24.8 Å². The average Bonchev–Trinajstić information content (AvgIpc) is 3.21. The van der Waals surface area contributed by atoms with E-state index in [1.54, 1.807) is 32.2 Å². The summed E-state index contributed by atoms with van der Waals surface area (Å²) in [4.78, 5) is 19.0. The molecule has 1 aliphatic heterocycles. The summed E-state index contributed by atoms with van der Waals surface area (Å²) < 4.78 is 5.43. The van der Waals surface area contributed by atoms with E-state index >= 15 is 0 Å². The number of hydrogen-bond acceptors (Lipinski definition) is 6. The van der Waals surface area contributed by atoms with Gasteiger partial charge in [0.25, 0.3) is 0 Å². The number of rotatable bonds is 6. The van der Waals surface area contributed by atoms with Gasteiger partial charge in [-0.3, -0.25) is 9.89 Å². The van der Waals surface area contributed by atoms with Crippen LogP contribution in [0.25, 0.3) is 6.08 Å². The molecule has 1 aliphatic rings. The molecule has 0 unspecified atom stereocenters. The first-order valence-electron chi connectivity index (χ1n) is 9.92. The molecule has 1 amide bonds. The summed E-state index contributed by atoms with van der Waals surface area (Å²) in [5, 5.41) is 10.0.